The average Bonchev–Trinajstić information content (AvgIpc) is 3.31. The molecule has 0 amide bonds. The molecule has 0 saturated carbocycles. The smallest absolute Gasteiger partial charge is 0.347 e. The maximum Gasteiger partial charge on any atom is 0.347 e. The molecule has 0 atom stereocenters. The van der Waals surface area contributed by atoms with E-state index >= 15 is 0 Å². The number of nitrogens with two attached hydrogens (primary N) is 1. The van der Waals surface area contributed by atoms with Crippen molar-refractivity contribution in [3.63, 3.8) is 0 Å². The molecule has 0 fully saturated rings. The number of hydrogen-bond donors (Lipinski definition) is 1. The number of hydrogen-bond acceptors (Lipinski definition) is 9. The van der Waals surface area contributed by atoms with Crippen molar-refractivity contribution < 1.29 is 9.21 Å². The van der Waals surface area contributed by atoms with Gasteiger partial charge in [0.05, 0.1) is 11.3 Å². The van der Waals surface area contributed by atoms with Crippen LogP contribution in [0.4, 0.5) is 5.82 Å². The average molecular weight is 444 g/mol. The highest BCUT2D eigenvalue weighted by Gasteiger charge is 2.22. The van der Waals surface area contributed by atoms with Crippen LogP contribution in [0.1, 0.15) is 21.5 Å². The van der Waals surface area contributed by atoms with E-state index in [4.69, 9.17) is 10.2 Å². The highest BCUT2D eigenvalue weighted by molar-refractivity contribution is 8.00. The first-order chi connectivity index (χ1) is 15.0. The molecule has 9 heteroatoms. The van der Waals surface area contributed by atoms with Gasteiger partial charge < -0.3 is 10.2 Å². The number of thiophene rings is 1. The summed E-state index contributed by atoms with van der Waals surface area (Å²) in [5, 5.41) is 21.9. The van der Waals surface area contributed by atoms with Gasteiger partial charge in [0.25, 0.3) is 0 Å². The monoisotopic (exact) mass is 444 g/mol. The maximum atomic E-state index is 12.7. The number of para-hydroxylation sites is 1. The summed E-state index contributed by atoms with van der Waals surface area (Å²) in [6.07, 6.45) is 0. The van der Waals surface area contributed by atoms with Crippen LogP contribution in [-0.2, 0) is 0 Å². The maximum absolute atomic E-state index is 12.7. The number of nitriles is 2. The number of nitrogens with zero attached hydrogens (tertiary/aromatic N) is 3. The summed E-state index contributed by atoms with van der Waals surface area (Å²) in [7, 11) is 0. The van der Waals surface area contributed by atoms with Crippen molar-refractivity contribution in [1.29, 1.82) is 10.5 Å². The minimum Gasteiger partial charge on any atom is -0.422 e. The van der Waals surface area contributed by atoms with Crippen molar-refractivity contribution in [2.45, 2.75) is 5.03 Å². The van der Waals surface area contributed by atoms with Crippen LogP contribution in [0.5, 0.6) is 0 Å². The number of nitrogen functional groups attached to an aromatic ring is 1. The molecule has 0 aliphatic rings. The molecular weight excluding hydrogens is 432 g/mol. The van der Waals surface area contributed by atoms with Gasteiger partial charge in [0.15, 0.2) is 5.78 Å². The summed E-state index contributed by atoms with van der Waals surface area (Å²) in [5.74, 6) is -0.638. The van der Waals surface area contributed by atoms with Gasteiger partial charge in [-0.2, -0.15) is 10.5 Å². The first kappa shape index (κ1) is 20.4. The molecule has 3 aromatic heterocycles. The standard InChI is InChI=1S/C22H12N4O3S2/c23-9-14-19(18-6-3-7-30-18)15(10-24)21(26-20(14)25)31-11-16(27)13-8-12-4-1-2-5-17(12)29-22(13)28/h1-8H,11H2,(H2,25,26). The van der Waals surface area contributed by atoms with E-state index in [-0.39, 0.29) is 33.3 Å². The zero-order chi connectivity index (χ0) is 22.0. The fraction of sp³-hybridized carbons (Fsp3) is 0.0455. The van der Waals surface area contributed by atoms with Gasteiger partial charge in [-0.15, -0.1) is 11.3 Å². The van der Waals surface area contributed by atoms with Crippen LogP contribution in [0.25, 0.3) is 21.4 Å². The fourth-order valence-corrected chi connectivity index (χ4v) is 4.70. The summed E-state index contributed by atoms with van der Waals surface area (Å²) in [6, 6.07) is 16.1. The molecule has 0 bridgehead atoms. The predicted octanol–water partition coefficient (Wildman–Crippen LogP) is 4.22. The Hall–Kier alpha value is -3.92. The molecular formula is C22H12N4O3S2. The highest BCUT2D eigenvalue weighted by Crippen LogP contribution is 2.37. The zero-order valence-corrected chi connectivity index (χ0v) is 17.4. The summed E-state index contributed by atoms with van der Waals surface area (Å²) < 4.78 is 5.22. The molecule has 0 saturated heterocycles. The van der Waals surface area contributed by atoms with Crippen LogP contribution in [0.3, 0.4) is 0 Å². The molecule has 0 spiro atoms. The molecule has 2 N–H and O–H groups in total. The molecule has 1 aromatic carbocycles. The van der Waals surface area contributed by atoms with Crippen molar-refractivity contribution in [3.05, 3.63) is 75.0 Å². The van der Waals surface area contributed by atoms with E-state index in [0.29, 0.717) is 21.4 Å². The number of rotatable bonds is 5. The Morgan fingerprint density at radius 3 is 2.65 bits per heavy atom. The van der Waals surface area contributed by atoms with E-state index in [1.807, 2.05) is 11.4 Å². The van der Waals surface area contributed by atoms with Crippen LogP contribution in [0, 0.1) is 22.7 Å². The van der Waals surface area contributed by atoms with Crippen molar-refractivity contribution >= 4 is 45.7 Å². The SMILES string of the molecule is N#Cc1c(N)nc(SCC(=O)c2cc3ccccc3oc2=O)c(C#N)c1-c1cccs1. The Morgan fingerprint density at radius 1 is 1.16 bits per heavy atom. The summed E-state index contributed by atoms with van der Waals surface area (Å²) >= 11 is 2.35. The summed E-state index contributed by atoms with van der Waals surface area (Å²) in [5.41, 5.74) is 6.23. The van der Waals surface area contributed by atoms with Crippen LogP contribution in [-0.4, -0.2) is 16.5 Å². The number of thioether (sulfide) groups is 1. The van der Waals surface area contributed by atoms with Crippen LogP contribution in [0.15, 0.2) is 62.1 Å². The number of anilines is 1. The number of aromatic nitrogens is 1. The fourth-order valence-electron chi connectivity index (χ4n) is 3.04. The van der Waals surface area contributed by atoms with E-state index < -0.39 is 11.4 Å². The molecule has 4 aromatic rings. The second-order valence-electron chi connectivity index (χ2n) is 6.33. The van der Waals surface area contributed by atoms with Crippen molar-refractivity contribution in [1.82, 2.24) is 4.98 Å². The van der Waals surface area contributed by atoms with E-state index in [2.05, 4.69) is 11.1 Å². The van der Waals surface area contributed by atoms with Gasteiger partial charge in [-0.05, 0) is 23.6 Å². The van der Waals surface area contributed by atoms with E-state index in [9.17, 15) is 20.1 Å². The Balaban J connectivity index is 1.70. The normalized spacial score (nSPS) is 10.5. The predicted molar refractivity (Wildman–Crippen MR) is 119 cm³/mol. The van der Waals surface area contributed by atoms with Gasteiger partial charge in [-0.3, -0.25) is 4.79 Å². The number of carbonyl (C=O) groups excluding carboxylic acids is 1. The minimum absolute atomic E-state index is 0.0231. The molecule has 4 rings (SSSR count). The van der Waals surface area contributed by atoms with Crippen LogP contribution in [0.2, 0.25) is 0 Å². The zero-order valence-electron chi connectivity index (χ0n) is 15.8. The Labute approximate surface area is 184 Å². The van der Waals surface area contributed by atoms with Gasteiger partial charge >= 0.3 is 5.63 Å². The third-order valence-corrected chi connectivity index (χ3v) is 6.33. The van der Waals surface area contributed by atoms with Gasteiger partial charge in [-0.1, -0.05) is 36.0 Å². The first-order valence-corrected chi connectivity index (χ1v) is 10.8. The summed E-state index contributed by atoms with van der Waals surface area (Å²) in [4.78, 5) is 29.8. The van der Waals surface area contributed by atoms with E-state index in [1.165, 1.54) is 17.4 Å². The second-order valence-corrected chi connectivity index (χ2v) is 8.24. The second kappa shape index (κ2) is 8.44. The summed E-state index contributed by atoms with van der Waals surface area (Å²) in [6.45, 7) is 0. The number of ketones is 1. The number of fused-ring (bicyclic) bond motifs is 1. The molecule has 0 aliphatic heterocycles. The van der Waals surface area contributed by atoms with E-state index in [1.54, 1.807) is 36.4 Å². The first-order valence-electron chi connectivity index (χ1n) is 8.90. The lowest BCUT2D eigenvalue weighted by Gasteiger charge is -2.11. The number of benzene rings is 1. The van der Waals surface area contributed by atoms with Crippen LogP contribution < -0.4 is 11.4 Å². The number of Topliss-reactive ketones (excluding diaryl/α,β-unsaturated/α-hetero) is 1. The van der Waals surface area contributed by atoms with Crippen molar-refractivity contribution in [3.8, 4) is 22.6 Å². The third-order valence-electron chi connectivity index (χ3n) is 4.46. The molecule has 0 radical (unpaired) electrons. The lowest BCUT2D eigenvalue weighted by Crippen LogP contribution is -2.16. The molecule has 31 heavy (non-hydrogen) atoms. The van der Waals surface area contributed by atoms with E-state index in [0.717, 1.165) is 11.8 Å². The van der Waals surface area contributed by atoms with Gasteiger partial charge in [0.1, 0.15) is 39.7 Å². The van der Waals surface area contributed by atoms with Crippen molar-refractivity contribution in [2.75, 3.05) is 11.5 Å². The molecule has 0 aliphatic carbocycles. The molecule has 3 heterocycles. The quantitative estimate of drug-likeness (QED) is 0.275. The molecule has 0 unspecified atom stereocenters. The Bertz CT molecular complexity index is 1460. The van der Waals surface area contributed by atoms with Gasteiger partial charge in [0, 0.05) is 15.8 Å². The molecule has 150 valence electrons. The highest BCUT2D eigenvalue weighted by atomic mass is 32.2. The van der Waals surface area contributed by atoms with Gasteiger partial charge in [-0.25, -0.2) is 9.78 Å². The lowest BCUT2D eigenvalue weighted by atomic mass is 10.0. The number of carbonyl (C=O) groups is 1. The lowest BCUT2D eigenvalue weighted by molar-refractivity contribution is 0.101. The topological polar surface area (TPSA) is 134 Å². The Kier molecular flexibility index (Phi) is 5.54. The van der Waals surface area contributed by atoms with Gasteiger partial charge in [0.2, 0.25) is 0 Å². The van der Waals surface area contributed by atoms with Crippen molar-refractivity contribution in [2.24, 2.45) is 0 Å². The number of pyridine rings is 1. The largest absolute Gasteiger partial charge is 0.422 e. The minimum atomic E-state index is -0.726. The third kappa shape index (κ3) is 3.80. The molecule has 7 nitrogen and oxygen atoms in total. The Morgan fingerprint density at radius 2 is 1.94 bits per heavy atom. The van der Waals surface area contributed by atoms with Crippen LogP contribution >= 0.6 is 23.1 Å².